The van der Waals surface area contributed by atoms with Crippen LogP contribution in [0.25, 0.3) is 0 Å². The summed E-state index contributed by atoms with van der Waals surface area (Å²) in [6.07, 6.45) is 3.97. The average molecular weight is 347 g/mol. The van der Waals surface area contributed by atoms with Gasteiger partial charge < -0.3 is 14.6 Å². The monoisotopic (exact) mass is 347 g/mol. The molecule has 1 N–H and O–H groups in total. The van der Waals surface area contributed by atoms with Crippen molar-refractivity contribution in [1.29, 1.82) is 0 Å². The second-order valence-corrected chi connectivity index (χ2v) is 7.07. The molecule has 2 bridgehead atoms. The van der Waals surface area contributed by atoms with Gasteiger partial charge in [0.25, 0.3) is 0 Å². The van der Waals surface area contributed by atoms with Gasteiger partial charge in [-0.1, -0.05) is 19.1 Å². The van der Waals surface area contributed by atoms with E-state index in [1.165, 1.54) is 5.56 Å². The first-order valence-corrected chi connectivity index (χ1v) is 9.40. The Balaban J connectivity index is 1.75. The van der Waals surface area contributed by atoms with Crippen molar-refractivity contribution in [3.05, 3.63) is 29.8 Å². The molecule has 1 aromatic rings. The first-order chi connectivity index (χ1) is 12.1. The molecule has 0 unspecified atom stereocenters. The van der Waals surface area contributed by atoms with Gasteiger partial charge in [0, 0.05) is 18.6 Å². The van der Waals surface area contributed by atoms with Crippen molar-refractivity contribution in [2.24, 2.45) is 5.41 Å². The van der Waals surface area contributed by atoms with Crippen molar-refractivity contribution in [2.75, 3.05) is 19.8 Å². The number of carbonyl (C=O) groups excluding carboxylic acids is 1. The summed E-state index contributed by atoms with van der Waals surface area (Å²) in [5.41, 5.74) is 0.840. The van der Waals surface area contributed by atoms with Crippen LogP contribution in [0.2, 0.25) is 0 Å². The van der Waals surface area contributed by atoms with Gasteiger partial charge in [0.2, 0.25) is 0 Å². The third-order valence-corrected chi connectivity index (χ3v) is 5.82. The first-order valence-electron chi connectivity index (χ1n) is 9.40. The summed E-state index contributed by atoms with van der Waals surface area (Å²) in [6.45, 7) is 5.58. The normalized spacial score (nSPS) is 28.3. The molecule has 2 fully saturated rings. The molecular weight excluding hydrogens is 318 g/mol. The van der Waals surface area contributed by atoms with Crippen LogP contribution in [0, 0.1) is 5.41 Å². The van der Waals surface area contributed by atoms with E-state index in [1.807, 2.05) is 25.1 Å². The Morgan fingerprint density at radius 1 is 1.36 bits per heavy atom. The van der Waals surface area contributed by atoms with Crippen LogP contribution in [0.1, 0.15) is 45.1 Å². The molecule has 3 rings (SSSR count). The smallest absolute Gasteiger partial charge is 0.313 e. The number of aliphatic hydroxyl groups excluding tert-OH is 1. The summed E-state index contributed by atoms with van der Waals surface area (Å²) in [5, 5.41) is 8.91. The fourth-order valence-corrected chi connectivity index (χ4v) is 4.67. The number of hydrogen-bond donors (Lipinski definition) is 1. The van der Waals surface area contributed by atoms with Crippen molar-refractivity contribution in [3.63, 3.8) is 0 Å². The lowest BCUT2D eigenvalue weighted by atomic mass is 9.72. The van der Waals surface area contributed by atoms with Crippen molar-refractivity contribution in [1.82, 2.24) is 4.90 Å². The maximum Gasteiger partial charge on any atom is 0.313 e. The Kier molecular flexibility index (Phi) is 5.64. The SMILES string of the molecule is CCOC(=O)[C@]1(CC)C[C@@H]2CC[C@H]1N2Cc1cccc(OCCO)c1. The third kappa shape index (κ3) is 3.40. The highest BCUT2D eigenvalue weighted by Gasteiger charge is 2.59. The number of rotatable bonds is 8. The molecule has 2 heterocycles. The highest BCUT2D eigenvalue weighted by Crippen LogP contribution is 2.52. The number of esters is 1. The first kappa shape index (κ1) is 18.2. The van der Waals surface area contributed by atoms with Crippen LogP contribution in [0.15, 0.2) is 24.3 Å². The van der Waals surface area contributed by atoms with E-state index in [0.29, 0.717) is 19.3 Å². The van der Waals surface area contributed by atoms with Crippen molar-refractivity contribution in [3.8, 4) is 5.75 Å². The maximum absolute atomic E-state index is 12.7. The minimum Gasteiger partial charge on any atom is -0.491 e. The van der Waals surface area contributed by atoms with E-state index >= 15 is 0 Å². The fourth-order valence-electron chi connectivity index (χ4n) is 4.67. The lowest BCUT2D eigenvalue weighted by molar-refractivity contribution is -0.157. The van der Waals surface area contributed by atoms with Crippen LogP contribution in [0.3, 0.4) is 0 Å². The Labute approximate surface area is 149 Å². The standard InChI is InChI=1S/C20H29NO4/c1-3-20(19(23)24-4-2)13-16-8-9-18(20)21(16)14-15-6-5-7-17(12-15)25-11-10-22/h5-7,12,16,18,22H,3-4,8-11,13-14H2,1-2H3/t16-,18+,20+/m0/s1. The number of ether oxygens (including phenoxy) is 2. The minimum atomic E-state index is -0.343. The summed E-state index contributed by atoms with van der Waals surface area (Å²) in [5.74, 6) is 0.764. The molecule has 2 aliphatic heterocycles. The van der Waals surface area contributed by atoms with E-state index in [-0.39, 0.29) is 24.0 Å². The maximum atomic E-state index is 12.7. The molecule has 2 aliphatic rings. The summed E-state index contributed by atoms with van der Waals surface area (Å²) in [7, 11) is 0. The molecule has 0 aromatic heterocycles. The summed E-state index contributed by atoms with van der Waals surface area (Å²) in [4.78, 5) is 15.2. The minimum absolute atomic E-state index is 0.0130. The highest BCUT2D eigenvalue weighted by atomic mass is 16.5. The predicted molar refractivity (Wildman–Crippen MR) is 95.3 cm³/mol. The predicted octanol–water partition coefficient (Wildman–Crippen LogP) is 2.75. The number of carbonyl (C=O) groups is 1. The van der Waals surface area contributed by atoms with Gasteiger partial charge in [-0.05, 0) is 50.3 Å². The number of aliphatic hydroxyl groups is 1. The molecular formula is C20H29NO4. The number of nitrogens with zero attached hydrogens (tertiary/aromatic N) is 1. The quantitative estimate of drug-likeness (QED) is 0.733. The Morgan fingerprint density at radius 2 is 2.20 bits per heavy atom. The van der Waals surface area contributed by atoms with E-state index in [4.69, 9.17) is 14.6 Å². The van der Waals surface area contributed by atoms with Crippen LogP contribution in [-0.4, -0.2) is 47.9 Å². The van der Waals surface area contributed by atoms with Crippen LogP contribution >= 0.6 is 0 Å². The third-order valence-electron chi connectivity index (χ3n) is 5.82. The molecule has 0 radical (unpaired) electrons. The van der Waals surface area contributed by atoms with E-state index in [1.54, 1.807) is 0 Å². The fraction of sp³-hybridized carbons (Fsp3) is 0.650. The van der Waals surface area contributed by atoms with Crippen molar-refractivity contribution in [2.45, 2.75) is 58.2 Å². The molecule has 0 aliphatic carbocycles. The Bertz CT molecular complexity index is 605. The Hall–Kier alpha value is -1.59. The van der Waals surface area contributed by atoms with Gasteiger partial charge in [-0.2, -0.15) is 0 Å². The molecule has 25 heavy (non-hydrogen) atoms. The Morgan fingerprint density at radius 3 is 2.92 bits per heavy atom. The van der Waals surface area contributed by atoms with Crippen LogP contribution in [0.4, 0.5) is 0 Å². The van der Waals surface area contributed by atoms with E-state index < -0.39 is 0 Å². The van der Waals surface area contributed by atoms with Gasteiger partial charge in [-0.3, -0.25) is 9.69 Å². The summed E-state index contributed by atoms with van der Waals surface area (Å²) < 4.78 is 10.9. The van der Waals surface area contributed by atoms with Crippen LogP contribution in [0.5, 0.6) is 5.75 Å². The highest BCUT2D eigenvalue weighted by molar-refractivity contribution is 5.78. The molecule has 1 aromatic carbocycles. The topological polar surface area (TPSA) is 59.0 Å². The zero-order valence-corrected chi connectivity index (χ0v) is 15.2. The van der Waals surface area contributed by atoms with Crippen molar-refractivity contribution >= 4 is 5.97 Å². The van der Waals surface area contributed by atoms with Crippen LogP contribution in [-0.2, 0) is 16.1 Å². The second-order valence-electron chi connectivity index (χ2n) is 7.07. The molecule has 138 valence electrons. The van der Waals surface area contributed by atoms with Gasteiger partial charge in [-0.25, -0.2) is 0 Å². The van der Waals surface area contributed by atoms with Crippen LogP contribution < -0.4 is 4.74 Å². The summed E-state index contributed by atoms with van der Waals surface area (Å²) >= 11 is 0. The lowest BCUT2D eigenvalue weighted by Crippen LogP contribution is -2.43. The zero-order valence-electron chi connectivity index (χ0n) is 15.2. The zero-order chi connectivity index (χ0) is 17.9. The average Bonchev–Trinajstić information content (AvgIpc) is 3.15. The molecule has 0 amide bonds. The van der Waals surface area contributed by atoms with Gasteiger partial charge >= 0.3 is 5.97 Å². The molecule has 3 atom stereocenters. The second kappa shape index (κ2) is 7.75. The summed E-state index contributed by atoms with van der Waals surface area (Å²) in [6, 6.07) is 8.75. The van der Waals surface area contributed by atoms with Gasteiger partial charge in [-0.15, -0.1) is 0 Å². The molecule has 5 heteroatoms. The van der Waals surface area contributed by atoms with E-state index in [2.05, 4.69) is 17.9 Å². The largest absolute Gasteiger partial charge is 0.491 e. The number of fused-ring (bicyclic) bond motifs is 2. The molecule has 0 spiro atoms. The number of benzene rings is 1. The number of hydrogen-bond acceptors (Lipinski definition) is 5. The van der Waals surface area contributed by atoms with E-state index in [0.717, 1.165) is 38.0 Å². The van der Waals surface area contributed by atoms with Gasteiger partial charge in [0.1, 0.15) is 12.4 Å². The molecule has 2 saturated heterocycles. The lowest BCUT2D eigenvalue weighted by Gasteiger charge is -2.34. The molecule has 5 nitrogen and oxygen atoms in total. The van der Waals surface area contributed by atoms with Gasteiger partial charge in [0.15, 0.2) is 0 Å². The molecule has 0 saturated carbocycles. The van der Waals surface area contributed by atoms with Crippen molar-refractivity contribution < 1.29 is 19.4 Å². The van der Waals surface area contributed by atoms with E-state index in [9.17, 15) is 4.79 Å². The van der Waals surface area contributed by atoms with Gasteiger partial charge in [0.05, 0.1) is 18.6 Å².